The number of hydrogen-bond donors (Lipinski definition) is 2. The highest BCUT2D eigenvalue weighted by atomic mass is 16.5. The molecule has 0 radical (unpaired) electrons. The second-order valence-corrected chi connectivity index (χ2v) is 2.10. The predicted molar refractivity (Wildman–Crippen MR) is 45.2 cm³/mol. The Labute approximate surface area is 68.3 Å². The van der Waals surface area contributed by atoms with Crippen LogP contribution in [0.25, 0.3) is 0 Å². The summed E-state index contributed by atoms with van der Waals surface area (Å²) in [5.41, 5.74) is 0. The quantitative estimate of drug-likeness (QED) is 0.607. The first-order valence-electron chi connectivity index (χ1n) is 3.67. The van der Waals surface area contributed by atoms with Gasteiger partial charge in [-0.05, 0) is 20.8 Å². The molecule has 11 heavy (non-hydrogen) atoms. The molecule has 0 saturated heterocycles. The summed E-state index contributed by atoms with van der Waals surface area (Å²) in [5.74, 6) is 0. The Morgan fingerprint density at radius 3 is 1.82 bits per heavy atom. The molecule has 0 amide bonds. The predicted octanol–water partition coefficient (Wildman–Crippen LogP) is 0.916. The third-order valence-corrected chi connectivity index (χ3v) is 0.587. The van der Waals surface area contributed by atoms with Crippen LogP contribution >= 0.6 is 0 Å². The van der Waals surface area contributed by atoms with Crippen molar-refractivity contribution < 1.29 is 14.9 Å². The van der Waals surface area contributed by atoms with E-state index < -0.39 is 0 Å². The van der Waals surface area contributed by atoms with Gasteiger partial charge in [-0.1, -0.05) is 6.08 Å². The van der Waals surface area contributed by atoms with E-state index in [0.29, 0.717) is 6.10 Å². The van der Waals surface area contributed by atoms with E-state index in [2.05, 4.69) is 0 Å². The first-order chi connectivity index (χ1) is 5.18. The number of allylic oxidation sites excluding steroid dienone is 1. The number of rotatable bonds is 3. The highest BCUT2D eigenvalue weighted by Gasteiger charge is 1.82. The van der Waals surface area contributed by atoms with Crippen molar-refractivity contribution in [3.63, 3.8) is 0 Å². The van der Waals surface area contributed by atoms with Crippen molar-refractivity contribution in [1.82, 2.24) is 0 Å². The van der Waals surface area contributed by atoms with Gasteiger partial charge in [0.25, 0.3) is 0 Å². The Hall–Kier alpha value is -0.540. The fourth-order valence-corrected chi connectivity index (χ4v) is 0.236. The molecule has 0 saturated carbocycles. The topological polar surface area (TPSA) is 49.7 Å². The molecule has 0 aromatic rings. The van der Waals surface area contributed by atoms with E-state index in [0.717, 1.165) is 0 Å². The Morgan fingerprint density at radius 2 is 1.73 bits per heavy atom. The van der Waals surface area contributed by atoms with Gasteiger partial charge < -0.3 is 14.9 Å². The fraction of sp³-hybridized carbons (Fsp3) is 0.750. The minimum absolute atomic E-state index is 0.125. The van der Waals surface area contributed by atoms with E-state index in [9.17, 15) is 0 Å². The third kappa shape index (κ3) is 26.5. The van der Waals surface area contributed by atoms with Gasteiger partial charge in [0.05, 0.1) is 25.6 Å². The van der Waals surface area contributed by atoms with Crippen LogP contribution in [0.5, 0.6) is 0 Å². The zero-order chi connectivity index (χ0) is 9.11. The molecule has 0 bridgehead atoms. The van der Waals surface area contributed by atoms with Crippen LogP contribution < -0.4 is 0 Å². The van der Waals surface area contributed by atoms with Gasteiger partial charge in [0.1, 0.15) is 0 Å². The molecule has 0 unspecified atom stereocenters. The molecule has 0 aliphatic rings. The highest BCUT2D eigenvalue weighted by Crippen LogP contribution is 1.86. The van der Waals surface area contributed by atoms with Gasteiger partial charge >= 0.3 is 0 Å². The summed E-state index contributed by atoms with van der Waals surface area (Å²) in [7, 11) is 0. The average Bonchev–Trinajstić information content (AvgIpc) is 2.01. The van der Waals surface area contributed by atoms with Crippen LogP contribution in [0.4, 0.5) is 0 Å². The number of hydrogen-bond acceptors (Lipinski definition) is 3. The Bertz CT molecular complexity index is 77.4. The first kappa shape index (κ1) is 13.1. The van der Waals surface area contributed by atoms with Gasteiger partial charge in [-0.2, -0.15) is 0 Å². The molecule has 0 aliphatic carbocycles. The lowest BCUT2D eigenvalue weighted by atomic mass is 10.5. The van der Waals surface area contributed by atoms with Crippen molar-refractivity contribution in [2.45, 2.75) is 26.9 Å². The molecular weight excluding hydrogens is 144 g/mol. The van der Waals surface area contributed by atoms with Gasteiger partial charge in [-0.15, -0.1) is 0 Å². The summed E-state index contributed by atoms with van der Waals surface area (Å²) < 4.78 is 5.01. The van der Waals surface area contributed by atoms with E-state index in [1.165, 1.54) is 0 Å². The van der Waals surface area contributed by atoms with Gasteiger partial charge in [0, 0.05) is 0 Å². The number of ether oxygens (including phenoxy) is 1. The third-order valence-electron chi connectivity index (χ3n) is 0.587. The van der Waals surface area contributed by atoms with Crippen molar-refractivity contribution in [3.05, 3.63) is 12.3 Å². The van der Waals surface area contributed by atoms with Gasteiger partial charge in [-0.25, -0.2) is 0 Å². The second kappa shape index (κ2) is 12.2. The van der Waals surface area contributed by atoms with E-state index in [4.69, 9.17) is 14.9 Å². The minimum atomic E-state index is -0.125. The van der Waals surface area contributed by atoms with Crippen molar-refractivity contribution in [2.24, 2.45) is 0 Å². The van der Waals surface area contributed by atoms with Crippen LogP contribution in [0.15, 0.2) is 12.3 Å². The summed E-state index contributed by atoms with van der Waals surface area (Å²) in [4.78, 5) is 0. The van der Waals surface area contributed by atoms with Gasteiger partial charge in [0.2, 0.25) is 0 Å². The molecule has 2 N–H and O–H groups in total. The Kier molecular flexibility index (Phi) is 14.5. The average molecular weight is 162 g/mol. The van der Waals surface area contributed by atoms with Crippen molar-refractivity contribution in [1.29, 1.82) is 0 Å². The largest absolute Gasteiger partial charge is 0.499 e. The van der Waals surface area contributed by atoms with Crippen LogP contribution in [0.3, 0.4) is 0 Å². The maximum atomic E-state index is 7.62. The smallest absolute Gasteiger partial charge is 0.0922 e. The van der Waals surface area contributed by atoms with E-state index in [1.54, 1.807) is 6.26 Å². The first-order valence-corrected chi connectivity index (χ1v) is 3.67. The molecule has 0 aliphatic heterocycles. The fourth-order valence-electron chi connectivity index (χ4n) is 0.236. The number of aliphatic hydroxyl groups is 2. The monoisotopic (exact) mass is 162 g/mol. The molecule has 0 fully saturated rings. The summed E-state index contributed by atoms with van der Waals surface area (Å²) in [6, 6.07) is 0. The molecule has 3 heteroatoms. The SMILES string of the molecule is C/C=C/OC(C)C.OCCO. The van der Waals surface area contributed by atoms with E-state index >= 15 is 0 Å². The van der Waals surface area contributed by atoms with Crippen molar-refractivity contribution in [3.8, 4) is 0 Å². The molecule has 0 rings (SSSR count). The zero-order valence-electron chi connectivity index (χ0n) is 7.45. The second-order valence-electron chi connectivity index (χ2n) is 2.10. The van der Waals surface area contributed by atoms with Crippen molar-refractivity contribution >= 4 is 0 Å². The molecule has 0 aromatic heterocycles. The summed E-state index contributed by atoms with van der Waals surface area (Å²) >= 11 is 0. The Morgan fingerprint density at radius 1 is 1.27 bits per heavy atom. The Balaban J connectivity index is 0. The number of aliphatic hydroxyl groups excluding tert-OH is 2. The van der Waals surface area contributed by atoms with Gasteiger partial charge in [-0.3, -0.25) is 0 Å². The standard InChI is InChI=1S/C6H12O.C2H6O2/c1-4-5-7-6(2)3;3-1-2-4/h4-6H,1-3H3;3-4H,1-2H2/b5-4+;. The van der Waals surface area contributed by atoms with Crippen LogP contribution in [0.1, 0.15) is 20.8 Å². The molecular formula is C8H18O3. The maximum absolute atomic E-state index is 7.62. The summed E-state index contributed by atoms with van der Waals surface area (Å²) in [6.07, 6.45) is 3.89. The van der Waals surface area contributed by atoms with Crippen LogP contribution in [0.2, 0.25) is 0 Å². The molecule has 0 spiro atoms. The lowest BCUT2D eigenvalue weighted by molar-refractivity contribution is 0.179. The molecule has 0 aromatic carbocycles. The molecule has 3 nitrogen and oxygen atoms in total. The molecule has 0 atom stereocenters. The van der Waals surface area contributed by atoms with Crippen LogP contribution in [-0.4, -0.2) is 29.5 Å². The highest BCUT2D eigenvalue weighted by molar-refractivity contribution is 4.65. The summed E-state index contributed by atoms with van der Waals surface area (Å²) in [6.45, 7) is 5.68. The minimum Gasteiger partial charge on any atom is -0.499 e. The van der Waals surface area contributed by atoms with E-state index in [-0.39, 0.29) is 13.2 Å². The lowest BCUT2D eigenvalue weighted by Crippen LogP contribution is -1.93. The molecule has 0 heterocycles. The van der Waals surface area contributed by atoms with Crippen molar-refractivity contribution in [2.75, 3.05) is 13.2 Å². The zero-order valence-corrected chi connectivity index (χ0v) is 7.45. The molecule has 68 valence electrons. The maximum Gasteiger partial charge on any atom is 0.0922 e. The van der Waals surface area contributed by atoms with Crippen LogP contribution in [0, 0.1) is 0 Å². The van der Waals surface area contributed by atoms with Crippen LogP contribution in [-0.2, 0) is 4.74 Å². The van der Waals surface area contributed by atoms with E-state index in [1.807, 2.05) is 26.8 Å². The van der Waals surface area contributed by atoms with Gasteiger partial charge in [0.15, 0.2) is 0 Å². The summed E-state index contributed by atoms with van der Waals surface area (Å²) in [5, 5.41) is 15.2. The lowest BCUT2D eigenvalue weighted by Gasteiger charge is -2.00. The normalized spacial score (nSPS) is 9.64.